The van der Waals surface area contributed by atoms with Crippen LogP contribution in [0.2, 0.25) is 0 Å². The van der Waals surface area contributed by atoms with Crippen molar-refractivity contribution < 1.29 is 19.1 Å². The molecular formula is C24H28N2O4. The van der Waals surface area contributed by atoms with Gasteiger partial charge in [0.05, 0.1) is 7.11 Å². The van der Waals surface area contributed by atoms with Gasteiger partial charge in [-0.25, -0.2) is 4.79 Å². The van der Waals surface area contributed by atoms with Crippen LogP contribution in [-0.2, 0) is 17.8 Å². The molecule has 1 aliphatic heterocycles. The van der Waals surface area contributed by atoms with Gasteiger partial charge in [0, 0.05) is 32.3 Å². The van der Waals surface area contributed by atoms with Crippen molar-refractivity contribution >= 4 is 18.1 Å². The second-order valence-electron chi connectivity index (χ2n) is 7.06. The van der Waals surface area contributed by atoms with Gasteiger partial charge in [-0.1, -0.05) is 30.3 Å². The Morgan fingerprint density at radius 1 is 1.07 bits per heavy atom. The van der Waals surface area contributed by atoms with E-state index in [9.17, 15) is 9.59 Å². The molecule has 0 spiro atoms. The molecule has 0 fully saturated rings. The predicted octanol–water partition coefficient (Wildman–Crippen LogP) is 4.13. The van der Waals surface area contributed by atoms with Crippen molar-refractivity contribution in [2.24, 2.45) is 0 Å². The second kappa shape index (κ2) is 9.96. The van der Waals surface area contributed by atoms with Crippen LogP contribution in [0.15, 0.2) is 48.5 Å². The molecule has 0 radical (unpaired) electrons. The molecule has 0 saturated heterocycles. The van der Waals surface area contributed by atoms with Gasteiger partial charge in [-0.15, -0.1) is 0 Å². The first-order valence-electron chi connectivity index (χ1n) is 10.2. The van der Waals surface area contributed by atoms with E-state index in [0.717, 1.165) is 12.0 Å². The highest BCUT2D eigenvalue weighted by molar-refractivity contribution is 5.92. The van der Waals surface area contributed by atoms with Crippen LogP contribution in [-0.4, -0.2) is 48.5 Å². The third kappa shape index (κ3) is 5.00. The summed E-state index contributed by atoms with van der Waals surface area (Å²) in [5.74, 6) is 0.767. The Morgan fingerprint density at radius 2 is 1.80 bits per heavy atom. The fourth-order valence-corrected chi connectivity index (χ4v) is 3.47. The van der Waals surface area contributed by atoms with Crippen LogP contribution in [0.5, 0.6) is 11.5 Å². The van der Waals surface area contributed by atoms with E-state index in [1.165, 1.54) is 18.2 Å². The summed E-state index contributed by atoms with van der Waals surface area (Å²) < 4.78 is 10.8. The molecule has 6 heteroatoms. The van der Waals surface area contributed by atoms with Gasteiger partial charge in [-0.3, -0.25) is 4.79 Å². The molecule has 3 rings (SSSR count). The summed E-state index contributed by atoms with van der Waals surface area (Å²) in [7, 11) is 1.52. The molecule has 2 aromatic carbocycles. The maximum atomic E-state index is 12.6. The van der Waals surface area contributed by atoms with Crippen LogP contribution < -0.4 is 9.47 Å². The molecule has 0 saturated carbocycles. The van der Waals surface area contributed by atoms with E-state index in [2.05, 4.69) is 12.1 Å². The molecule has 0 aliphatic carbocycles. The van der Waals surface area contributed by atoms with E-state index in [1.54, 1.807) is 35.3 Å². The Kier molecular flexibility index (Phi) is 7.12. The first kappa shape index (κ1) is 21.4. The normalized spacial score (nSPS) is 13.1. The summed E-state index contributed by atoms with van der Waals surface area (Å²) in [6, 6.07) is 13.5. The quantitative estimate of drug-likeness (QED) is 0.674. The standard InChI is InChI=1S/C24H28N2O4/c1-4-25(5-2)24(28)30-21-12-10-18(16-22(21)29-3)11-13-23(27)26-15-14-19-8-6-7-9-20(19)17-26/h6-13,16H,4-5,14-15,17H2,1-3H3/b13-11+. The van der Waals surface area contributed by atoms with Crippen molar-refractivity contribution in [3.63, 3.8) is 0 Å². The number of carbonyl (C=O) groups is 2. The summed E-state index contributed by atoms with van der Waals surface area (Å²) in [6.07, 6.45) is 3.78. The van der Waals surface area contributed by atoms with Crippen LogP contribution in [0.1, 0.15) is 30.5 Å². The number of benzene rings is 2. The van der Waals surface area contributed by atoms with Crippen LogP contribution in [0.25, 0.3) is 6.08 Å². The summed E-state index contributed by atoms with van der Waals surface area (Å²) in [4.78, 5) is 28.2. The fraction of sp³-hybridized carbons (Fsp3) is 0.333. The van der Waals surface area contributed by atoms with Crippen molar-refractivity contribution in [2.75, 3.05) is 26.7 Å². The Labute approximate surface area is 177 Å². The number of amides is 2. The molecule has 1 aliphatic rings. The van der Waals surface area contributed by atoms with E-state index >= 15 is 0 Å². The van der Waals surface area contributed by atoms with Gasteiger partial charge in [0.2, 0.25) is 5.91 Å². The average molecular weight is 408 g/mol. The maximum Gasteiger partial charge on any atom is 0.415 e. The molecule has 30 heavy (non-hydrogen) atoms. The van der Waals surface area contributed by atoms with Gasteiger partial charge in [-0.2, -0.15) is 0 Å². The molecule has 0 aromatic heterocycles. The van der Waals surface area contributed by atoms with E-state index in [1.807, 2.05) is 30.9 Å². The number of rotatable bonds is 6. The van der Waals surface area contributed by atoms with Gasteiger partial charge >= 0.3 is 6.09 Å². The lowest BCUT2D eigenvalue weighted by atomic mass is 10.00. The Bertz CT molecular complexity index is 935. The maximum absolute atomic E-state index is 12.6. The minimum atomic E-state index is -0.415. The van der Waals surface area contributed by atoms with E-state index in [0.29, 0.717) is 37.7 Å². The number of hydrogen-bond donors (Lipinski definition) is 0. The lowest BCUT2D eigenvalue weighted by Gasteiger charge is -2.27. The highest BCUT2D eigenvalue weighted by atomic mass is 16.6. The topological polar surface area (TPSA) is 59.1 Å². The van der Waals surface area contributed by atoms with Crippen molar-refractivity contribution in [2.45, 2.75) is 26.8 Å². The molecule has 0 bridgehead atoms. The smallest absolute Gasteiger partial charge is 0.415 e. The zero-order valence-corrected chi connectivity index (χ0v) is 17.8. The van der Waals surface area contributed by atoms with Crippen LogP contribution >= 0.6 is 0 Å². The summed E-state index contributed by atoms with van der Waals surface area (Å²) in [6.45, 7) is 6.28. The molecule has 6 nitrogen and oxygen atoms in total. The number of carbonyl (C=O) groups excluding carboxylic acids is 2. The van der Waals surface area contributed by atoms with Crippen molar-refractivity contribution in [1.29, 1.82) is 0 Å². The first-order valence-corrected chi connectivity index (χ1v) is 10.2. The van der Waals surface area contributed by atoms with Crippen molar-refractivity contribution in [3.8, 4) is 11.5 Å². The molecule has 0 N–H and O–H groups in total. The van der Waals surface area contributed by atoms with E-state index < -0.39 is 6.09 Å². The zero-order valence-electron chi connectivity index (χ0n) is 17.8. The molecule has 0 atom stereocenters. The minimum absolute atomic E-state index is 0.0273. The van der Waals surface area contributed by atoms with Gasteiger partial charge in [0.25, 0.3) is 0 Å². The number of nitrogens with zero attached hydrogens (tertiary/aromatic N) is 2. The molecule has 1 heterocycles. The third-order valence-electron chi connectivity index (χ3n) is 5.27. The van der Waals surface area contributed by atoms with Gasteiger partial charge in [0.15, 0.2) is 11.5 Å². The highest BCUT2D eigenvalue weighted by Gasteiger charge is 2.19. The number of fused-ring (bicyclic) bond motifs is 1. The predicted molar refractivity (Wildman–Crippen MR) is 117 cm³/mol. The summed E-state index contributed by atoms with van der Waals surface area (Å²) >= 11 is 0. The summed E-state index contributed by atoms with van der Waals surface area (Å²) in [5.41, 5.74) is 3.30. The summed E-state index contributed by atoms with van der Waals surface area (Å²) in [5, 5.41) is 0. The lowest BCUT2D eigenvalue weighted by molar-refractivity contribution is -0.126. The van der Waals surface area contributed by atoms with Crippen LogP contribution in [0, 0.1) is 0 Å². The largest absolute Gasteiger partial charge is 0.493 e. The molecule has 0 unspecified atom stereocenters. The number of ether oxygens (including phenoxy) is 2. The van der Waals surface area contributed by atoms with Gasteiger partial charge in [-0.05, 0) is 55.2 Å². The van der Waals surface area contributed by atoms with Gasteiger partial charge < -0.3 is 19.3 Å². The number of hydrogen-bond acceptors (Lipinski definition) is 4. The van der Waals surface area contributed by atoms with E-state index in [-0.39, 0.29) is 5.91 Å². The third-order valence-corrected chi connectivity index (χ3v) is 5.27. The molecule has 2 aromatic rings. The Morgan fingerprint density at radius 3 is 2.50 bits per heavy atom. The van der Waals surface area contributed by atoms with Gasteiger partial charge in [0.1, 0.15) is 0 Å². The molecular weight excluding hydrogens is 380 g/mol. The van der Waals surface area contributed by atoms with Crippen LogP contribution in [0.3, 0.4) is 0 Å². The highest BCUT2D eigenvalue weighted by Crippen LogP contribution is 2.29. The molecule has 158 valence electrons. The van der Waals surface area contributed by atoms with Crippen molar-refractivity contribution in [1.82, 2.24) is 9.80 Å². The van der Waals surface area contributed by atoms with E-state index in [4.69, 9.17) is 9.47 Å². The Hall–Kier alpha value is -3.28. The minimum Gasteiger partial charge on any atom is -0.493 e. The Balaban J connectivity index is 1.67. The SMILES string of the molecule is CCN(CC)C(=O)Oc1ccc(/C=C/C(=O)N2CCc3ccccc3C2)cc1OC. The van der Waals surface area contributed by atoms with Crippen molar-refractivity contribution in [3.05, 3.63) is 65.2 Å². The zero-order chi connectivity index (χ0) is 21.5. The average Bonchev–Trinajstić information content (AvgIpc) is 2.78. The number of methoxy groups -OCH3 is 1. The fourth-order valence-electron chi connectivity index (χ4n) is 3.47. The second-order valence-corrected chi connectivity index (χ2v) is 7.06. The first-order chi connectivity index (χ1) is 14.5. The lowest BCUT2D eigenvalue weighted by Crippen LogP contribution is -2.34. The van der Waals surface area contributed by atoms with Crippen LogP contribution in [0.4, 0.5) is 4.79 Å². The molecule has 2 amide bonds. The monoisotopic (exact) mass is 408 g/mol.